The zero-order chi connectivity index (χ0) is 20.6. The highest BCUT2D eigenvalue weighted by atomic mass is 32.2. The van der Waals surface area contributed by atoms with Crippen LogP contribution in [0.15, 0.2) is 59.9 Å². The summed E-state index contributed by atoms with van der Waals surface area (Å²) in [5, 5.41) is 12.9. The van der Waals surface area contributed by atoms with Crippen molar-refractivity contribution in [2.75, 3.05) is 25.3 Å². The fourth-order valence-electron chi connectivity index (χ4n) is 2.76. The van der Waals surface area contributed by atoms with Crippen molar-refractivity contribution in [3.8, 4) is 11.5 Å². The van der Waals surface area contributed by atoms with Crippen LogP contribution in [0.3, 0.4) is 0 Å². The molecule has 0 spiro atoms. The van der Waals surface area contributed by atoms with Crippen LogP contribution >= 0.6 is 11.8 Å². The number of nitrogens with zero attached hydrogens (tertiary/aromatic N) is 2. The van der Waals surface area contributed by atoms with Crippen molar-refractivity contribution in [1.29, 1.82) is 0 Å². The molecule has 0 aliphatic heterocycles. The van der Waals surface area contributed by atoms with E-state index < -0.39 is 0 Å². The Bertz CT molecular complexity index is 960. The lowest BCUT2D eigenvalue weighted by atomic mass is 10.2. The van der Waals surface area contributed by atoms with Crippen LogP contribution < -0.4 is 14.8 Å². The smallest absolute Gasteiger partial charge is 0.234 e. The molecule has 2 N–H and O–H groups in total. The number of amides is 1. The fraction of sp³-hybridized carbons (Fsp3) is 0.238. The lowest BCUT2D eigenvalue weighted by molar-refractivity contribution is -0.113. The van der Waals surface area contributed by atoms with Gasteiger partial charge in [-0.3, -0.25) is 4.79 Å². The number of aromatic nitrogens is 2. The Morgan fingerprint density at radius 1 is 1.17 bits per heavy atom. The third kappa shape index (κ3) is 5.52. The van der Waals surface area contributed by atoms with E-state index >= 15 is 0 Å². The van der Waals surface area contributed by atoms with Crippen molar-refractivity contribution >= 4 is 23.4 Å². The average Bonchev–Trinajstić information content (AvgIpc) is 3.14. The number of rotatable bonds is 9. The molecule has 152 valence electrons. The number of carbonyl (C=O) groups is 1. The van der Waals surface area contributed by atoms with Gasteiger partial charge in [0.2, 0.25) is 5.91 Å². The van der Waals surface area contributed by atoms with Crippen LogP contribution in [0.2, 0.25) is 0 Å². The minimum absolute atomic E-state index is 0.150. The molecule has 3 rings (SSSR count). The minimum atomic E-state index is -0.193. The molecule has 8 heteroatoms. The summed E-state index contributed by atoms with van der Waals surface area (Å²) in [6.45, 7) is 0.462. The number of hydrogen-bond acceptors (Lipinski definition) is 6. The van der Waals surface area contributed by atoms with Gasteiger partial charge in [-0.2, -0.15) is 0 Å². The van der Waals surface area contributed by atoms with Gasteiger partial charge in [0, 0.05) is 18.8 Å². The average molecular weight is 413 g/mol. The zero-order valence-electron chi connectivity index (χ0n) is 16.3. The van der Waals surface area contributed by atoms with Gasteiger partial charge in [0.1, 0.15) is 11.5 Å². The third-order valence-corrected chi connectivity index (χ3v) is 5.15. The van der Waals surface area contributed by atoms with Crippen LogP contribution in [0.25, 0.3) is 0 Å². The van der Waals surface area contributed by atoms with Crippen molar-refractivity contribution < 1.29 is 19.4 Å². The van der Waals surface area contributed by atoms with E-state index in [1.165, 1.54) is 11.8 Å². The second kappa shape index (κ2) is 9.99. The summed E-state index contributed by atoms with van der Waals surface area (Å²) >= 11 is 1.31. The number of anilines is 1. The number of aliphatic hydroxyl groups is 1. The number of ether oxygens (including phenoxy) is 2. The number of thioether (sulfide) groups is 1. The highest BCUT2D eigenvalue weighted by Gasteiger charge is 2.13. The number of methoxy groups -OCH3 is 2. The summed E-state index contributed by atoms with van der Waals surface area (Å²) < 4.78 is 12.4. The van der Waals surface area contributed by atoms with Crippen LogP contribution in [0.4, 0.5) is 5.69 Å². The Morgan fingerprint density at radius 2 is 1.97 bits per heavy atom. The molecular weight excluding hydrogens is 390 g/mol. The van der Waals surface area contributed by atoms with E-state index in [1.54, 1.807) is 38.6 Å². The molecule has 0 radical (unpaired) electrons. The van der Waals surface area contributed by atoms with Crippen LogP contribution in [0, 0.1) is 0 Å². The third-order valence-electron chi connectivity index (χ3n) is 4.16. The molecule has 0 aliphatic rings. The second-order valence-corrected chi connectivity index (χ2v) is 7.13. The summed E-state index contributed by atoms with van der Waals surface area (Å²) in [5.74, 6) is 1.15. The quantitative estimate of drug-likeness (QED) is 0.524. The summed E-state index contributed by atoms with van der Waals surface area (Å²) in [6, 6.07) is 15.2. The van der Waals surface area contributed by atoms with E-state index in [2.05, 4.69) is 10.3 Å². The molecule has 29 heavy (non-hydrogen) atoms. The minimum Gasteiger partial charge on any atom is -0.497 e. The molecule has 0 unspecified atom stereocenters. The Balaban J connectivity index is 1.68. The van der Waals surface area contributed by atoms with E-state index in [0.717, 1.165) is 5.56 Å². The van der Waals surface area contributed by atoms with Crippen LogP contribution in [0.1, 0.15) is 11.3 Å². The molecule has 2 aromatic carbocycles. The first kappa shape index (κ1) is 20.8. The topological polar surface area (TPSA) is 85.6 Å². The predicted molar refractivity (Wildman–Crippen MR) is 113 cm³/mol. The normalized spacial score (nSPS) is 10.6. The van der Waals surface area contributed by atoms with Crippen molar-refractivity contribution in [2.45, 2.75) is 18.3 Å². The van der Waals surface area contributed by atoms with Gasteiger partial charge >= 0.3 is 0 Å². The maximum atomic E-state index is 12.5. The monoisotopic (exact) mass is 413 g/mol. The summed E-state index contributed by atoms with van der Waals surface area (Å²) in [6.07, 6.45) is 1.80. The van der Waals surface area contributed by atoms with Crippen molar-refractivity contribution in [3.05, 3.63) is 66.0 Å². The molecule has 1 heterocycles. The molecule has 0 aliphatic carbocycles. The standard InChI is InChI=1S/C21H23N3O4S/c1-27-17-8-9-19(28-2)18(10-17)23-20(26)14-29-21-22-16(13-25)12-24(21)11-15-6-4-3-5-7-15/h3-10,12,25H,11,13-14H2,1-2H3,(H,23,26). The van der Waals surface area contributed by atoms with Gasteiger partial charge < -0.3 is 24.5 Å². The highest BCUT2D eigenvalue weighted by molar-refractivity contribution is 7.99. The van der Waals surface area contributed by atoms with Gasteiger partial charge in [-0.1, -0.05) is 42.1 Å². The van der Waals surface area contributed by atoms with Crippen LogP contribution in [0.5, 0.6) is 11.5 Å². The molecule has 0 bridgehead atoms. The first-order chi connectivity index (χ1) is 14.1. The van der Waals surface area contributed by atoms with Gasteiger partial charge in [0.05, 0.1) is 38.0 Å². The molecule has 3 aromatic rings. The van der Waals surface area contributed by atoms with E-state index in [4.69, 9.17) is 9.47 Å². The summed E-state index contributed by atoms with van der Waals surface area (Å²) in [5.41, 5.74) is 2.22. The number of aliphatic hydroxyl groups excluding tert-OH is 1. The van der Waals surface area contributed by atoms with Gasteiger partial charge in [0.25, 0.3) is 0 Å². The maximum Gasteiger partial charge on any atom is 0.234 e. The number of carbonyl (C=O) groups excluding carboxylic acids is 1. The molecular formula is C21H23N3O4S. The zero-order valence-corrected chi connectivity index (χ0v) is 17.1. The molecule has 0 saturated carbocycles. The van der Waals surface area contributed by atoms with Gasteiger partial charge in [0.15, 0.2) is 5.16 Å². The largest absolute Gasteiger partial charge is 0.497 e. The number of hydrogen-bond donors (Lipinski definition) is 2. The predicted octanol–water partition coefficient (Wildman–Crippen LogP) is 3.17. The van der Waals surface area contributed by atoms with Gasteiger partial charge in [-0.25, -0.2) is 4.98 Å². The lowest BCUT2D eigenvalue weighted by Gasteiger charge is -2.12. The Hall–Kier alpha value is -2.97. The van der Waals surface area contributed by atoms with Gasteiger partial charge in [-0.05, 0) is 17.7 Å². The fourth-order valence-corrected chi connectivity index (χ4v) is 3.56. The lowest BCUT2D eigenvalue weighted by Crippen LogP contribution is -2.15. The van der Waals surface area contributed by atoms with E-state index in [9.17, 15) is 9.90 Å². The molecule has 1 amide bonds. The maximum absolute atomic E-state index is 12.5. The molecule has 1 aromatic heterocycles. The Labute approximate surface area is 173 Å². The van der Waals surface area contributed by atoms with Gasteiger partial charge in [-0.15, -0.1) is 0 Å². The molecule has 0 atom stereocenters. The first-order valence-electron chi connectivity index (χ1n) is 8.98. The molecule has 0 fully saturated rings. The van der Waals surface area contributed by atoms with Crippen molar-refractivity contribution in [2.24, 2.45) is 0 Å². The van der Waals surface area contributed by atoms with Crippen LogP contribution in [-0.2, 0) is 17.9 Å². The number of nitrogens with one attached hydrogen (secondary N) is 1. The second-order valence-electron chi connectivity index (χ2n) is 6.19. The van der Waals surface area contributed by atoms with E-state index in [-0.39, 0.29) is 18.3 Å². The number of imidazole rings is 1. The van der Waals surface area contributed by atoms with Crippen molar-refractivity contribution in [3.63, 3.8) is 0 Å². The molecule has 7 nitrogen and oxygen atoms in total. The SMILES string of the molecule is COc1ccc(OC)c(NC(=O)CSc2nc(CO)cn2Cc2ccccc2)c1. The Kier molecular flexibility index (Phi) is 7.15. The summed E-state index contributed by atoms with van der Waals surface area (Å²) in [4.78, 5) is 16.9. The number of benzene rings is 2. The molecule has 0 saturated heterocycles. The van der Waals surface area contributed by atoms with E-state index in [1.807, 2.05) is 34.9 Å². The first-order valence-corrected chi connectivity index (χ1v) is 9.97. The highest BCUT2D eigenvalue weighted by Crippen LogP contribution is 2.29. The van der Waals surface area contributed by atoms with Crippen LogP contribution in [-0.4, -0.2) is 40.5 Å². The van der Waals surface area contributed by atoms with E-state index in [0.29, 0.717) is 34.6 Å². The van der Waals surface area contributed by atoms with Crippen molar-refractivity contribution in [1.82, 2.24) is 9.55 Å². The summed E-state index contributed by atoms with van der Waals surface area (Å²) in [7, 11) is 3.11. The Morgan fingerprint density at radius 3 is 2.66 bits per heavy atom.